The molecule has 0 amide bonds. The van der Waals surface area contributed by atoms with Crippen LogP contribution in [0, 0.1) is 18.3 Å². The third-order valence-corrected chi connectivity index (χ3v) is 5.66. The second kappa shape index (κ2) is 11.4. The van der Waals surface area contributed by atoms with Crippen molar-refractivity contribution in [2.75, 3.05) is 26.3 Å². The first-order valence-electron chi connectivity index (χ1n) is 10.9. The maximum atomic E-state index is 5.44. The number of nitrogens with zero attached hydrogens (tertiary/aromatic N) is 4. The lowest BCUT2D eigenvalue weighted by Crippen LogP contribution is -2.44. The lowest BCUT2D eigenvalue weighted by atomic mass is 9.78. The van der Waals surface area contributed by atoms with E-state index in [1.165, 1.54) is 32.1 Å². The van der Waals surface area contributed by atoms with Crippen molar-refractivity contribution >= 4 is 5.96 Å². The third-order valence-electron chi connectivity index (χ3n) is 5.66. The number of hydrogen-bond acceptors (Lipinski definition) is 4. The highest BCUT2D eigenvalue weighted by Crippen LogP contribution is 2.42. The topological polar surface area (TPSA) is 76.4 Å². The van der Waals surface area contributed by atoms with Crippen molar-refractivity contribution in [3.8, 4) is 0 Å². The van der Waals surface area contributed by atoms with E-state index in [1.807, 2.05) is 25.5 Å². The van der Waals surface area contributed by atoms with Crippen LogP contribution in [0.1, 0.15) is 70.9 Å². The highest BCUT2D eigenvalue weighted by molar-refractivity contribution is 5.79. The molecule has 1 aliphatic carbocycles. The minimum Gasteiger partial charge on any atom is -0.382 e. The van der Waals surface area contributed by atoms with Gasteiger partial charge in [0.2, 0.25) is 0 Å². The molecule has 7 heteroatoms. The maximum absolute atomic E-state index is 5.44. The summed E-state index contributed by atoms with van der Waals surface area (Å²) in [6, 6.07) is 0. The van der Waals surface area contributed by atoms with Crippen LogP contribution in [-0.4, -0.2) is 47.0 Å². The summed E-state index contributed by atoms with van der Waals surface area (Å²) in [5, 5.41) is 15.5. The van der Waals surface area contributed by atoms with Gasteiger partial charge in [0.1, 0.15) is 12.4 Å². The SMILES string of the molecule is CCOCCCNC(=NCc1nnc(C)n1C)NCC1(CC(C)C)CCCC1. The Morgan fingerprint density at radius 1 is 1.25 bits per heavy atom. The largest absolute Gasteiger partial charge is 0.382 e. The molecule has 2 N–H and O–H groups in total. The van der Waals surface area contributed by atoms with Gasteiger partial charge in [0.25, 0.3) is 0 Å². The van der Waals surface area contributed by atoms with Crippen LogP contribution >= 0.6 is 0 Å². The second-order valence-electron chi connectivity index (χ2n) is 8.52. The van der Waals surface area contributed by atoms with E-state index in [-0.39, 0.29) is 0 Å². The monoisotopic (exact) mass is 392 g/mol. The van der Waals surface area contributed by atoms with Crippen molar-refractivity contribution in [3.63, 3.8) is 0 Å². The smallest absolute Gasteiger partial charge is 0.191 e. The molecular formula is C21H40N6O. The van der Waals surface area contributed by atoms with Crippen LogP contribution in [0.4, 0.5) is 0 Å². The molecule has 0 aliphatic heterocycles. The average molecular weight is 393 g/mol. The fourth-order valence-corrected chi connectivity index (χ4v) is 4.15. The van der Waals surface area contributed by atoms with E-state index in [0.29, 0.717) is 12.0 Å². The third kappa shape index (κ3) is 7.08. The standard InChI is InChI=1S/C21H40N6O/c1-6-28-13-9-12-22-20(23-15-19-26-25-18(4)27(19)5)24-16-21(14-17(2)3)10-7-8-11-21/h17H,6-16H2,1-5H3,(H2,22,23,24). The Morgan fingerprint density at radius 3 is 2.61 bits per heavy atom. The number of nitrogens with one attached hydrogen (secondary N) is 2. The van der Waals surface area contributed by atoms with Crippen molar-refractivity contribution in [3.05, 3.63) is 11.6 Å². The summed E-state index contributed by atoms with van der Waals surface area (Å²) >= 11 is 0. The molecule has 28 heavy (non-hydrogen) atoms. The Labute approximate surface area is 170 Å². The fraction of sp³-hybridized carbons (Fsp3) is 0.857. The minimum absolute atomic E-state index is 0.406. The normalized spacial score (nSPS) is 16.7. The van der Waals surface area contributed by atoms with Gasteiger partial charge in [-0.1, -0.05) is 26.7 Å². The predicted molar refractivity (Wildman–Crippen MR) is 114 cm³/mol. The Kier molecular flexibility index (Phi) is 9.22. The average Bonchev–Trinajstić information content (AvgIpc) is 3.24. The van der Waals surface area contributed by atoms with Crippen molar-refractivity contribution in [1.82, 2.24) is 25.4 Å². The summed E-state index contributed by atoms with van der Waals surface area (Å²) in [5.41, 5.74) is 0.406. The van der Waals surface area contributed by atoms with Gasteiger partial charge in [-0.15, -0.1) is 10.2 Å². The number of aromatic nitrogens is 3. The van der Waals surface area contributed by atoms with Gasteiger partial charge in [0, 0.05) is 33.4 Å². The van der Waals surface area contributed by atoms with Gasteiger partial charge in [0.05, 0.1) is 0 Å². The molecule has 0 radical (unpaired) electrons. The molecule has 2 rings (SSSR count). The van der Waals surface area contributed by atoms with E-state index < -0.39 is 0 Å². The van der Waals surface area contributed by atoms with Gasteiger partial charge < -0.3 is 19.9 Å². The molecule has 160 valence electrons. The Balaban J connectivity index is 1.97. The van der Waals surface area contributed by atoms with Gasteiger partial charge in [-0.3, -0.25) is 0 Å². The van der Waals surface area contributed by atoms with E-state index in [4.69, 9.17) is 9.73 Å². The molecule has 0 bridgehead atoms. The van der Waals surface area contributed by atoms with Crippen molar-refractivity contribution in [2.24, 2.45) is 23.4 Å². The van der Waals surface area contributed by atoms with E-state index in [2.05, 4.69) is 34.7 Å². The molecule has 1 aromatic rings. The van der Waals surface area contributed by atoms with Gasteiger partial charge in [-0.05, 0) is 50.9 Å². The lowest BCUT2D eigenvalue weighted by molar-refractivity contribution is 0.145. The molecule has 1 fully saturated rings. The lowest BCUT2D eigenvalue weighted by Gasteiger charge is -2.32. The summed E-state index contributed by atoms with van der Waals surface area (Å²) in [5.74, 6) is 3.38. The summed E-state index contributed by atoms with van der Waals surface area (Å²) < 4.78 is 7.44. The van der Waals surface area contributed by atoms with Crippen LogP contribution in [0.15, 0.2) is 4.99 Å². The van der Waals surface area contributed by atoms with Crippen LogP contribution in [0.25, 0.3) is 0 Å². The summed E-state index contributed by atoms with van der Waals surface area (Å²) in [6.07, 6.45) is 7.58. The molecule has 0 atom stereocenters. The molecular weight excluding hydrogens is 352 g/mol. The number of ether oxygens (including phenoxy) is 1. The van der Waals surface area contributed by atoms with Crippen molar-refractivity contribution in [2.45, 2.75) is 72.8 Å². The van der Waals surface area contributed by atoms with E-state index >= 15 is 0 Å². The number of hydrogen-bond donors (Lipinski definition) is 2. The van der Waals surface area contributed by atoms with Gasteiger partial charge >= 0.3 is 0 Å². The second-order valence-corrected chi connectivity index (χ2v) is 8.52. The van der Waals surface area contributed by atoms with Crippen LogP contribution in [0.3, 0.4) is 0 Å². The van der Waals surface area contributed by atoms with Gasteiger partial charge in [0.15, 0.2) is 11.8 Å². The Bertz CT molecular complexity index is 604. The zero-order chi connectivity index (χ0) is 20.4. The molecule has 1 saturated carbocycles. The zero-order valence-corrected chi connectivity index (χ0v) is 18.6. The zero-order valence-electron chi connectivity index (χ0n) is 18.6. The van der Waals surface area contributed by atoms with E-state index in [1.54, 1.807) is 0 Å². The summed E-state index contributed by atoms with van der Waals surface area (Å²) in [6.45, 7) is 12.5. The minimum atomic E-state index is 0.406. The predicted octanol–water partition coefficient (Wildman–Crippen LogP) is 3.19. The van der Waals surface area contributed by atoms with E-state index in [9.17, 15) is 0 Å². The first-order chi connectivity index (χ1) is 13.5. The first-order valence-corrected chi connectivity index (χ1v) is 10.9. The van der Waals surface area contributed by atoms with Crippen molar-refractivity contribution < 1.29 is 4.74 Å². The highest BCUT2D eigenvalue weighted by atomic mass is 16.5. The molecule has 1 heterocycles. The molecule has 0 spiro atoms. The Morgan fingerprint density at radius 2 is 2.00 bits per heavy atom. The number of aliphatic imine (C=N–C) groups is 1. The number of guanidine groups is 1. The highest BCUT2D eigenvalue weighted by Gasteiger charge is 2.34. The van der Waals surface area contributed by atoms with Gasteiger partial charge in [-0.2, -0.15) is 0 Å². The number of aryl methyl sites for hydroxylation is 1. The molecule has 1 aromatic heterocycles. The Hall–Kier alpha value is -1.63. The molecule has 0 aromatic carbocycles. The van der Waals surface area contributed by atoms with Crippen LogP contribution in [0.2, 0.25) is 0 Å². The number of rotatable bonds is 11. The van der Waals surface area contributed by atoms with Gasteiger partial charge in [-0.25, -0.2) is 4.99 Å². The molecule has 0 saturated heterocycles. The van der Waals surface area contributed by atoms with Crippen LogP contribution in [-0.2, 0) is 18.3 Å². The molecule has 1 aliphatic rings. The van der Waals surface area contributed by atoms with E-state index in [0.717, 1.165) is 56.3 Å². The molecule has 0 unspecified atom stereocenters. The quantitative estimate of drug-likeness (QED) is 0.344. The fourth-order valence-electron chi connectivity index (χ4n) is 4.15. The molecule has 7 nitrogen and oxygen atoms in total. The van der Waals surface area contributed by atoms with Crippen LogP contribution in [0.5, 0.6) is 0 Å². The van der Waals surface area contributed by atoms with Crippen LogP contribution < -0.4 is 10.6 Å². The first kappa shape index (κ1) is 22.7. The maximum Gasteiger partial charge on any atom is 0.191 e. The summed E-state index contributed by atoms with van der Waals surface area (Å²) in [7, 11) is 1.99. The summed E-state index contributed by atoms with van der Waals surface area (Å²) in [4.78, 5) is 4.79. The van der Waals surface area contributed by atoms with Crippen molar-refractivity contribution in [1.29, 1.82) is 0 Å².